The minimum Gasteiger partial charge on any atom is -0.496 e. The Bertz CT molecular complexity index is 906. The van der Waals surface area contributed by atoms with E-state index in [4.69, 9.17) is 4.74 Å². The van der Waals surface area contributed by atoms with Gasteiger partial charge in [-0.25, -0.2) is 0 Å². The van der Waals surface area contributed by atoms with Crippen LogP contribution in [0.5, 0.6) is 5.75 Å². The van der Waals surface area contributed by atoms with Crippen molar-refractivity contribution in [2.24, 2.45) is 0 Å². The molecule has 0 aromatic heterocycles. The molecule has 0 saturated heterocycles. The highest BCUT2D eigenvalue weighted by Gasteiger charge is 2.30. The van der Waals surface area contributed by atoms with Gasteiger partial charge in [-0.2, -0.15) is 0 Å². The van der Waals surface area contributed by atoms with Crippen LogP contribution in [0, 0.1) is 0 Å². The molecular weight excluding hydrogens is 416 g/mol. The molecule has 0 aliphatic carbocycles. The van der Waals surface area contributed by atoms with Crippen LogP contribution in [0.2, 0.25) is 0 Å². The molecule has 0 saturated carbocycles. The number of ether oxygens (including phenoxy) is 1. The molecule has 1 heterocycles. The quantitative estimate of drug-likeness (QED) is 0.671. The van der Waals surface area contributed by atoms with Crippen LogP contribution in [0.15, 0.2) is 34.8 Å². The second-order valence-electron chi connectivity index (χ2n) is 8.61. The number of anilines is 1. The van der Waals surface area contributed by atoms with Gasteiger partial charge in [0.25, 0.3) is 5.91 Å². The van der Waals surface area contributed by atoms with Gasteiger partial charge in [0, 0.05) is 28.7 Å². The molecule has 1 N–H and O–H groups in total. The number of nitrogens with one attached hydrogen (secondary N) is 1. The van der Waals surface area contributed by atoms with Gasteiger partial charge in [-0.05, 0) is 53.9 Å². The molecule has 3 rings (SSSR count). The van der Waals surface area contributed by atoms with E-state index in [0.29, 0.717) is 17.2 Å². The molecule has 4 nitrogen and oxygen atoms in total. The first-order valence-electron chi connectivity index (χ1n) is 9.63. The van der Waals surface area contributed by atoms with Crippen LogP contribution in [0.4, 0.5) is 5.69 Å². The Morgan fingerprint density at radius 1 is 1.25 bits per heavy atom. The third-order valence-electron chi connectivity index (χ3n) is 5.38. The van der Waals surface area contributed by atoms with Gasteiger partial charge >= 0.3 is 0 Å². The van der Waals surface area contributed by atoms with E-state index in [-0.39, 0.29) is 11.3 Å². The summed E-state index contributed by atoms with van der Waals surface area (Å²) in [7, 11) is 3.73. The van der Waals surface area contributed by atoms with Crippen molar-refractivity contribution in [3.05, 3.63) is 57.1 Å². The van der Waals surface area contributed by atoms with Crippen molar-refractivity contribution in [2.45, 2.75) is 45.6 Å². The normalized spacial score (nSPS) is 16.0. The highest BCUT2D eigenvalue weighted by Crippen LogP contribution is 2.35. The number of fused-ring (bicyclic) bond motifs is 1. The number of carbonyl (C=O) groups is 1. The van der Waals surface area contributed by atoms with Crippen LogP contribution in [0.1, 0.15) is 60.7 Å². The van der Waals surface area contributed by atoms with E-state index in [2.05, 4.69) is 73.0 Å². The van der Waals surface area contributed by atoms with Crippen LogP contribution < -0.4 is 10.1 Å². The number of hydrogen-bond acceptors (Lipinski definition) is 3. The molecule has 28 heavy (non-hydrogen) atoms. The Morgan fingerprint density at radius 2 is 1.96 bits per heavy atom. The number of nitrogens with zero attached hydrogens (tertiary/aromatic N) is 1. The molecule has 0 radical (unpaired) electrons. The molecule has 0 bridgehead atoms. The number of halogens is 1. The van der Waals surface area contributed by atoms with E-state index >= 15 is 0 Å². The van der Waals surface area contributed by atoms with Gasteiger partial charge in [-0.1, -0.05) is 49.7 Å². The zero-order chi connectivity index (χ0) is 20.6. The van der Waals surface area contributed by atoms with Gasteiger partial charge in [0.2, 0.25) is 0 Å². The fourth-order valence-corrected chi connectivity index (χ4v) is 4.93. The molecule has 2 aromatic rings. The second-order valence-corrected chi connectivity index (χ2v) is 9.47. The summed E-state index contributed by atoms with van der Waals surface area (Å²) in [5.41, 5.74) is 5.17. The Hall–Kier alpha value is -1.85. The standard InChI is InChI=1S/C23H29BrN2O2/c1-14(2)17-11-21(28-6)18(10-20(17)24)22(27)25-16-7-8-19-15(9-16)12-26(5)13-23(19,3)4/h7-11,14H,12-13H2,1-6H3,(H,25,27). The predicted molar refractivity (Wildman–Crippen MR) is 119 cm³/mol. The van der Waals surface area contributed by atoms with Gasteiger partial charge in [0.05, 0.1) is 12.7 Å². The lowest BCUT2D eigenvalue weighted by atomic mass is 9.78. The van der Waals surface area contributed by atoms with Crippen LogP contribution in [0.3, 0.4) is 0 Å². The molecule has 0 fully saturated rings. The molecule has 5 heteroatoms. The average molecular weight is 445 g/mol. The number of amides is 1. The number of methoxy groups -OCH3 is 1. The van der Waals surface area contributed by atoms with E-state index in [1.807, 2.05) is 18.2 Å². The molecule has 2 aromatic carbocycles. The summed E-state index contributed by atoms with van der Waals surface area (Å²) in [4.78, 5) is 15.3. The zero-order valence-corrected chi connectivity index (χ0v) is 19.1. The maximum Gasteiger partial charge on any atom is 0.259 e. The monoisotopic (exact) mass is 444 g/mol. The molecule has 150 valence electrons. The summed E-state index contributed by atoms with van der Waals surface area (Å²) in [5, 5.41) is 3.04. The predicted octanol–water partition coefficient (Wildman–Crippen LogP) is 5.56. The fraction of sp³-hybridized carbons (Fsp3) is 0.435. The van der Waals surface area contributed by atoms with Gasteiger partial charge in [-0.3, -0.25) is 4.79 Å². The Morgan fingerprint density at radius 3 is 2.61 bits per heavy atom. The Labute approximate surface area is 176 Å². The van der Waals surface area contributed by atoms with Gasteiger partial charge < -0.3 is 15.0 Å². The zero-order valence-electron chi connectivity index (χ0n) is 17.5. The smallest absolute Gasteiger partial charge is 0.259 e. The van der Waals surface area contributed by atoms with Crippen molar-refractivity contribution in [3.63, 3.8) is 0 Å². The highest BCUT2D eigenvalue weighted by molar-refractivity contribution is 9.10. The van der Waals surface area contributed by atoms with Crippen LogP contribution in [-0.2, 0) is 12.0 Å². The first kappa shape index (κ1) is 20.9. The van der Waals surface area contributed by atoms with Crippen LogP contribution in [-0.4, -0.2) is 31.5 Å². The van der Waals surface area contributed by atoms with E-state index in [1.165, 1.54) is 11.1 Å². The van der Waals surface area contributed by atoms with Crippen molar-refractivity contribution >= 4 is 27.5 Å². The minimum absolute atomic E-state index is 0.103. The van der Waals surface area contributed by atoms with Crippen molar-refractivity contribution in [3.8, 4) is 5.75 Å². The Balaban J connectivity index is 1.90. The first-order chi connectivity index (χ1) is 13.1. The van der Waals surface area contributed by atoms with E-state index < -0.39 is 0 Å². The number of benzene rings is 2. The van der Waals surface area contributed by atoms with Gasteiger partial charge in [0.15, 0.2) is 0 Å². The maximum absolute atomic E-state index is 13.0. The van der Waals surface area contributed by atoms with Crippen LogP contribution in [0.25, 0.3) is 0 Å². The van der Waals surface area contributed by atoms with E-state index in [0.717, 1.165) is 28.8 Å². The van der Waals surface area contributed by atoms with Crippen LogP contribution >= 0.6 is 15.9 Å². The number of carbonyl (C=O) groups excluding carboxylic acids is 1. The van der Waals surface area contributed by atoms with Crippen molar-refractivity contribution in [2.75, 3.05) is 26.0 Å². The average Bonchev–Trinajstić information content (AvgIpc) is 2.59. The van der Waals surface area contributed by atoms with Gasteiger partial charge in [0.1, 0.15) is 5.75 Å². The minimum atomic E-state index is -0.170. The molecule has 1 aliphatic rings. The molecular formula is C23H29BrN2O2. The van der Waals surface area contributed by atoms with Gasteiger partial charge in [-0.15, -0.1) is 0 Å². The van der Waals surface area contributed by atoms with Crippen molar-refractivity contribution in [1.29, 1.82) is 0 Å². The second kappa shape index (κ2) is 7.88. The third kappa shape index (κ3) is 4.11. The largest absolute Gasteiger partial charge is 0.496 e. The maximum atomic E-state index is 13.0. The van der Waals surface area contributed by atoms with Crippen molar-refractivity contribution < 1.29 is 9.53 Å². The molecule has 0 spiro atoms. The lowest BCUT2D eigenvalue weighted by molar-refractivity contribution is 0.102. The molecule has 0 unspecified atom stereocenters. The summed E-state index contributed by atoms with van der Waals surface area (Å²) >= 11 is 3.59. The lowest BCUT2D eigenvalue weighted by Gasteiger charge is -2.38. The summed E-state index contributed by atoms with van der Waals surface area (Å²) in [6.45, 7) is 10.7. The SMILES string of the molecule is COc1cc(C(C)C)c(Br)cc1C(=O)Nc1ccc2c(c1)CN(C)CC2(C)C. The summed E-state index contributed by atoms with van der Waals surface area (Å²) in [6.07, 6.45) is 0. The number of likely N-dealkylation sites (N-methyl/N-ethyl adjacent to an activating group) is 1. The fourth-order valence-electron chi connectivity index (χ4n) is 4.13. The lowest BCUT2D eigenvalue weighted by Crippen LogP contribution is -2.39. The number of rotatable bonds is 4. The molecule has 0 atom stereocenters. The molecule has 1 aliphatic heterocycles. The third-order valence-corrected chi connectivity index (χ3v) is 6.07. The summed E-state index contributed by atoms with van der Waals surface area (Å²) in [6, 6.07) is 10.0. The Kier molecular flexibility index (Phi) is 5.87. The van der Waals surface area contributed by atoms with Crippen molar-refractivity contribution in [1.82, 2.24) is 4.90 Å². The summed E-state index contributed by atoms with van der Waals surface area (Å²) < 4.78 is 6.41. The van der Waals surface area contributed by atoms with E-state index in [1.54, 1.807) is 7.11 Å². The first-order valence-corrected chi connectivity index (χ1v) is 10.4. The number of hydrogen-bond donors (Lipinski definition) is 1. The summed E-state index contributed by atoms with van der Waals surface area (Å²) in [5.74, 6) is 0.751. The highest BCUT2D eigenvalue weighted by atomic mass is 79.9. The molecule has 1 amide bonds. The van der Waals surface area contributed by atoms with E-state index in [9.17, 15) is 4.79 Å². The topological polar surface area (TPSA) is 41.6 Å².